The number of phenols is 2. The Balaban J connectivity index is 2.31. The van der Waals surface area contributed by atoms with Gasteiger partial charge in [0.05, 0.1) is 12.8 Å². The smallest absolute Gasteiger partial charge is 0.254 e. The lowest BCUT2D eigenvalue weighted by molar-refractivity contribution is 0.0996. The number of hydrogen-bond donors (Lipinski definition) is 3. The summed E-state index contributed by atoms with van der Waals surface area (Å²) >= 11 is 0. The summed E-state index contributed by atoms with van der Waals surface area (Å²) in [6.07, 6.45) is 0. The normalized spacial score (nSPS) is 11.6. The van der Waals surface area contributed by atoms with Crippen molar-refractivity contribution >= 4 is 22.6 Å². The fourth-order valence-electron chi connectivity index (χ4n) is 2.24. The molecule has 122 valence electrons. The van der Waals surface area contributed by atoms with Crippen molar-refractivity contribution < 1.29 is 24.2 Å². The van der Waals surface area contributed by atoms with E-state index < -0.39 is 5.91 Å². The van der Waals surface area contributed by atoms with Gasteiger partial charge in [0.25, 0.3) is 5.91 Å². The maximum Gasteiger partial charge on any atom is 0.254 e. The van der Waals surface area contributed by atoms with E-state index in [0.717, 1.165) is 0 Å². The molecule has 0 fully saturated rings. The van der Waals surface area contributed by atoms with Crippen molar-refractivity contribution in [2.45, 2.75) is 0 Å². The molecule has 0 atom stereocenters. The molecule has 1 heterocycles. The van der Waals surface area contributed by atoms with Crippen LogP contribution in [0.1, 0.15) is 10.4 Å². The first-order chi connectivity index (χ1) is 11.5. The zero-order chi connectivity index (χ0) is 17.3. The number of rotatable bonds is 3. The SMILES string of the molecule is COc1cccc2cc(C(N)=O)c(=Nc3ccc(O)c(O)c3)oc12. The van der Waals surface area contributed by atoms with E-state index in [1.807, 2.05) is 0 Å². The van der Waals surface area contributed by atoms with Crippen molar-refractivity contribution in [3.05, 3.63) is 53.6 Å². The van der Waals surface area contributed by atoms with E-state index in [1.54, 1.807) is 24.3 Å². The standard InChI is InChI=1S/C17H14N2O5/c1-23-14-4-2-3-9-7-11(16(18)22)17(24-15(9)14)19-10-5-6-12(20)13(21)8-10/h2-8,20-21H,1H3,(H2,18,22). The third-order valence-electron chi connectivity index (χ3n) is 3.41. The summed E-state index contributed by atoms with van der Waals surface area (Å²) in [6.45, 7) is 0. The molecule has 0 saturated heterocycles. The number of benzene rings is 2. The fourth-order valence-corrected chi connectivity index (χ4v) is 2.24. The second-order valence-electron chi connectivity index (χ2n) is 4.99. The molecule has 0 radical (unpaired) electrons. The number of nitrogens with two attached hydrogens (primary N) is 1. The van der Waals surface area contributed by atoms with Crippen LogP contribution in [0.15, 0.2) is 51.9 Å². The third kappa shape index (κ3) is 2.74. The summed E-state index contributed by atoms with van der Waals surface area (Å²) in [5, 5.41) is 19.5. The molecule has 0 unspecified atom stereocenters. The Labute approximate surface area is 136 Å². The van der Waals surface area contributed by atoms with Gasteiger partial charge in [0, 0.05) is 11.5 Å². The highest BCUT2D eigenvalue weighted by Crippen LogP contribution is 2.29. The number of nitrogens with zero attached hydrogens (tertiary/aromatic N) is 1. The fraction of sp³-hybridized carbons (Fsp3) is 0.0588. The van der Waals surface area contributed by atoms with Crippen LogP contribution < -0.4 is 16.0 Å². The summed E-state index contributed by atoms with van der Waals surface area (Å²) in [6, 6.07) is 10.8. The molecule has 0 spiro atoms. The Bertz CT molecular complexity index is 1010. The summed E-state index contributed by atoms with van der Waals surface area (Å²) in [7, 11) is 1.50. The van der Waals surface area contributed by atoms with Crippen molar-refractivity contribution in [2.24, 2.45) is 10.7 Å². The van der Waals surface area contributed by atoms with Gasteiger partial charge >= 0.3 is 0 Å². The monoisotopic (exact) mass is 326 g/mol. The zero-order valence-corrected chi connectivity index (χ0v) is 12.7. The van der Waals surface area contributed by atoms with Crippen molar-refractivity contribution in [2.75, 3.05) is 7.11 Å². The van der Waals surface area contributed by atoms with Gasteiger partial charge in [-0.1, -0.05) is 12.1 Å². The first kappa shape index (κ1) is 15.4. The van der Waals surface area contributed by atoms with Crippen LogP contribution in [0.5, 0.6) is 17.2 Å². The molecule has 3 rings (SSSR count). The van der Waals surface area contributed by atoms with E-state index in [9.17, 15) is 15.0 Å². The van der Waals surface area contributed by atoms with Gasteiger partial charge in [-0.25, -0.2) is 4.99 Å². The van der Waals surface area contributed by atoms with Crippen LogP contribution in [0.4, 0.5) is 5.69 Å². The number of aromatic hydroxyl groups is 2. The number of hydrogen-bond acceptors (Lipinski definition) is 6. The van der Waals surface area contributed by atoms with Crippen LogP contribution >= 0.6 is 0 Å². The van der Waals surface area contributed by atoms with Gasteiger partial charge in [-0.3, -0.25) is 4.79 Å². The number of para-hydroxylation sites is 1. The molecule has 0 aliphatic carbocycles. The first-order valence-electron chi connectivity index (χ1n) is 6.97. The lowest BCUT2D eigenvalue weighted by Crippen LogP contribution is -2.21. The molecule has 0 bridgehead atoms. The van der Waals surface area contributed by atoms with Crippen molar-refractivity contribution in [1.82, 2.24) is 0 Å². The largest absolute Gasteiger partial charge is 0.504 e. The number of methoxy groups -OCH3 is 1. The molecule has 4 N–H and O–H groups in total. The van der Waals surface area contributed by atoms with Gasteiger partial charge in [-0.2, -0.15) is 0 Å². The molecule has 2 aromatic carbocycles. The van der Waals surface area contributed by atoms with Crippen LogP contribution in [0, 0.1) is 0 Å². The number of ether oxygens (including phenoxy) is 1. The molecular weight excluding hydrogens is 312 g/mol. The Morgan fingerprint density at radius 1 is 1.17 bits per heavy atom. The summed E-state index contributed by atoms with van der Waals surface area (Å²) in [5.41, 5.74) is 6.16. The molecule has 0 saturated carbocycles. The first-order valence-corrected chi connectivity index (χ1v) is 6.97. The van der Waals surface area contributed by atoms with Crippen LogP contribution in [0.25, 0.3) is 11.0 Å². The molecule has 3 aromatic rings. The Hall–Kier alpha value is -3.48. The van der Waals surface area contributed by atoms with Crippen LogP contribution in [-0.2, 0) is 0 Å². The highest BCUT2D eigenvalue weighted by molar-refractivity contribution is 5.96. The molecule has 7 heteroatoms. The maximum atomic E-state index is 11.7. The number of carbonyl (C=O) groups is 1. The van der Waals surface area contributed by atoms with Crippen LogP contribution in [0.3, 0.4) is 0 Å². The minimum atomic E-state index is -0.703. The van der Waals surface area contributed by atoms with Gasteiger partial charge in [0.1, 0.15) is 5.56 Å². The molecule has 7 nitrogen and oxygen atoms in total. The number of carbonyl (C=O) groups excluding carboxylic acids is 1. The highest BCUT2D eigenvalue weighted by Gasteiger charge is 2.12. The molecule has 0 aliphatic rings. The molecule has 1 amide bonds. The minimum absolute atomic E-state index is 0.0235. The number of fused-ring (bicyclic) bond motifs is 1. The lowest BCUT2D eigenvalue weighted by Gasteiger charge is -2.06. The van der Waals surface area contributed by atoms with Crippen molar-refractivity contribution in [3.8, 4) is 17.2 Å². The number of phenolic OH excluding ortho intramolecular Hbond substituents is 2. The Kier molecular flexibility index (Phi) is 3.83. The summed E-state index contributed by atoms with van der Waals surface area (Å²) < 4.78 is 11.0. The number of amides is 1. The van der Waals surface area contributed by atoms with E-state index in [4.69, 9.17) is 14.9 Å². The van der Waals surface area contributed by atoms with Gasteiger partial charge < -0.3 is 25.1 Å². The van der Waals surface area contributed by atoms with Crippen LogP contribution in [-0.4, -0.2) is 23.2 Å². The Morgan fingerprint density at radius 2 is 1.96 bits per heavy atom. The van der Waals surface area contributed by atoms with E-state index >= 15 is 0 Å². The molecule has 24 heavy (non-hydrogen) atoms. The Morgan fingerprint density at radius 3 is 2.62 bits per heavy atom. The topological polar surface area (TPSA) is 118 Å². The second-order valence-corrected chi connectivity index (χ2v) is 4.99. The summed E-state index contributed by atoms with van der Waals surface area (Å²) in [5.74, 6) is -0.838. The van der Waals surface area contributed by atoms with Gasteiger partial charge in [0.15, 0.2) is 22.8 Å². The van der Waals surface area contributed by atoms with E-state index in [1.165, 1.54) is 25.3 Å². The van der Waals surface area contributed by atoms with Crippen molar-refractivity contribution in [3.63, 3.8) is 0 Å². The van der Waals surface area contributed by atoms with E-state index in [-0.39, 0.29) is 28.3 Å². The zero-order valence-electron chi connectivity index (χ0n) is 12.7. The second kappa shape index (κ2) is 5.96. The molecule has 0 aliphatic heterocycles. The molecule has 1 aromatic heterocycles. The molecular formula is C17H14N2O5. The van der Waals surface area contributed by atoms with Crippen molar-refractivity contribution in [1.29, 1.82) is 0 Å². The number of primary amides is 1. The third-order valence-corrected chi connectivity index (χ3v) is 3.41. The van der Waals surface area contributed by atoms with Gasteiger partial charge in [-0.15, -0.1) is 0 Å². The maximum absolute atomic E-state index is 11.7. The minimum Gasteiger partial charge on any atom is -0.504 e. The quantitative estimate of drug-likeness (QED) is 0.638. The summed E-state index contributed by atoms with van der Waals surface area (Å²) in [4.78, 5) is 15.9. The lowest BCUT2D eigenvalue weighted by atomic mass is 10.1. The highest BCUT2D eigenvalue weighted by atomic mass is 16.5. The van der Waals surface area contributed by atoms with Gasteiger partial charge in [-0.05, 0) is 24.3 Å². The average molecular weight is 326 g/mol. The van der Waals surface area contributed by atoms with E-state index in [0.29, 0.717) is 16.7 Å². The average Bonchev–Trinajstić information content (AvgIpc) is 2.57. The van der Waals surface area contributed by atoms with Gasteiger partial charge in [0.2, 0.25) is 5.55 Å². The predicted octanol–water partition coefficient (Wildman–Crippen LogP) is 2.18. The van der Waals surface area contributed by atoms with Crippen LogP contribution in [0.2, 0.25) is 0 Å². The predicted molar refractivity (Wildman–Crippen MR) is 86.3 cm³/mol. The van der Waals surface area contributed by atoms with E-state index in [2.05, 4.69) is 4.99 Å².